The van der Waals surface area contributed by atoms with E-state index in [1.165, 1.54) is 6.07 Å². The number of fused-ring (bicyclic) bond motifs is 2. The van der Waals surface area contributed by atoms with Crippen molar-refractivity contribution in [2.45, 2.75) is 38.0 Å². The molecule has 1 aromatic rings. The highest BCUT2D eigenvalue weighted by molar-refractivity contribution is 5.56. The Balaban J connectivity index is 1.94. The number of halogens is 1. The van der Waals surface area contributed by atoms with Gasteiger partial charge in [-0.3, -0.25) is 0 Å². The number of nitrogens with two attached hydrogens (primary N) is 1. The van der Waals surface area contributed by atoms with Crippen LogP contribution in [-0.4, -0.2) is 25.3 Å². The van der Waals surface area contributed by atoms with E-state index >= 15 is 0 Å². The summed E-state index contributed by atoms with van der Waals surface area (Å²) < 4.78 is 19.7. The summed E-state index contributed by atoms with van der Waals surface area (Å²) in [5.74, 6) is -0.207. The van der Waals surface area contributed by atoms with Gasteiger partial charge in [0.2, 0.25) is 0 Å². The predicted octanol–water partition coefficient (Wildman–Crippen LogP) is 2.21. The molecule has 0 spiro atoms. The third kappa shape index (κ3) is 1.99. The lowest BCUT2D eigenvalue weighted by molar-refractivity contribution is 0.0304. The van der Waals surface area contributed by atoms with Crippen molar-refractivity contribution in [2.75, 3.05) is 18.0 Å². The minimum atomic E-state index is -0.290. The van der Waals surface area contributed by atoms with Gasteiger partial charge < -0.3 is 15.4 Å². The molecule has 1 aromatic carbocycles. The van der Waals surface area contributed by atoms with E-state index in [1.54, 1.807) is 6.07 Å². The zero-order valence-corrected chi connectivity index (χ0v) is 10.6. The molecule has 2 aliphatic rings. The Labute approximate surface area is 107 Å². The number of morpholine rings is 1. The zero-order chi connectivity index (χ0) is 12.7. The molecule has 2 N–H and O–H groups in total. The minimum Gasteiger partial charge on any atom is -0.371 e. The number of nitrogens with zero attached hydrogens (tertiary/aromatic N) is 1. The zero-order valence-electron chi connectivity index (χ0n) is 10.6. The highest BCUT2D eigenvalue weighted by Crippen LogP contribution is 2.34. The fourth-order valence-electron chi connectivity index (χ4n) is 3.06. The van der Waals surface area contributed by atoms with E-state index in [0.717, 1.165) is 31.6 Å². The first-order valence-corrected chi connectivity index (χ1v) is 6.59. The maximum atomic E-state index is 13.9. The average Bonchev–Trinajstić information content (AvgIpc) is 2.67. The molecule has 2 fully saturated rings. The molecule has 2 bridgehead atoms. The Bertz CT molecular complexity index is 437. The number of anilines is 1. The van der Waals surface area contributed by atoms with Crippen molar-refractivity contribution in [3.05, 3.63) is 29.6 Å². The molecule has 2 heterocycles. The quantitative estimate of drug-likeness (QED) is 0.874. The lowest BCUT2D eigenvalue weighted by Crippen LogP contribution is -2.43. The van der Waals surface area contributed by atoms with E-state index in [-0.39, 0.29) is 11.9 Å². The third-order valence-electron chi connectivity index (χ3n) is 3.87. The molecule has 98 valence electrons. The molecule has 0 saturated carbocycles. The van der Waals surface area contributed by atoms with Crippen molar-refractivity contribution in [1.82, 2.24) is 0 Å². The second-order valence-corrected chi connectivity index (χ2v) is 5.32. The molecular formula is C14H19FN2O. The van der Waals surface area contributed by atoms with Gasteiger partial charge in [0.15, 0.2) is 0 Å². The molecule has 2 saturated heterocycles. The van der Waals surface area contributed by atoms with Crippen LogP contribution in [0.5, 0.6) is 0 Å². The van der Waals surface area contributed by atoms with Gasteiger partial charge >= 0.3 is 0 Å². The van der Waals surface area contributed by atoms with Gasteiger partial charge in [0.25, 0.3) is 0 Å². The standard InChI is InChI=1S/C14H19FN2O/c1-9(16)14-12(15)3-2-4-13(14)17-7-10-5-6-11(8-17)18-10/h2-4,9-11H,5-8,16H2,1H3/t9-,10?,11?/m1/s1. The third-order valence-corrected chi connectivity index (χ3v) is 3.87. The highest BCUT2D eigenvalue weighted by Gasteiger charge is 2.34. The van der Waals surface area contributed by atoms with Gasteiger partial charge in [-0.1, -0.05) is 6.07 Å². The van der Waals surface area contributed by atoms with Crippen LogP contribution in [0.2, 0.25) is 0 Å². The fourth-order valence-corrected chi connectivity index (χ4v) is 3.06. The summed E-state index contributed by atoms with van der Waals surface area (Å²) in [4.78, 5) is 2.23. The number of benzene rings is 1. The molecule has 0 aromatic heterocycles. The smallest absolute Gasteiger partial charge is 0.130 e. The molecule has 4 heteroatoms. The maximum absolute atomic E-state index is 13.9. The van der Waals surface area contributed by atoms with E-state index in [4.69, 9.17) is 10.5 Å². The Hall–Kier alpha value is -1.13. The normalized spacial score (nSPS) is 28.5. The van der Waals surface area contributed by atoms with E-state index in [9.17, 15) is 4.39 Å². The number of hydrogen-bond donors (Lipinski definition) is 1. The van der Waals surface area contributed by atoms with Crippen LogP contribution >= 0.6 is 0 Å². The lowest BCUT2D eigenvalue weighted by Gasteiger charge is -2.35. The van der Waals surface area contributed by atoms with Gasteiger partial charge in [0, 0.05) is 30.4 Å². The van der Waals surface area contributed by atoms with Gasteiger partial charge in [-0.15, -0.1) is 0 Å². The van der Waals surface area contributed by atoms with Crippen molar-refractivity contribution in [2.24, 2.45) is 5.73 Å². The molecule has 18 heavy (non-hydrogen) atoms. The van der Waals surface area contributed by atoms with Crippen molar-refractivity contribution >= 4 is 5.69 Å². The van der Waals surface area contributed by atoms with Gasteiger partial charge in [-0.2, -0.15) is 0 Å². The lowest BCUT2D eigenvalue weighted by atomic mass is 10.0. The van der Waals surface area contributed by atoms with Crippen LogP contribution < -0.4 is 10.6 Å². The van der Waals surface area contributed by atoms with Gasteiger partial charge in [0.05, 0.1) is 12.2 Å². The summed E-state index contributed by atoms with van der Waals surface area (Å²) in [5, 5.41) is 0. The molecule has 2 aliphatic heterocycles. The topological polar surface area (TPSA) is 38.5 Å². The van der Waals surface area contributed by atoms with Crippen molar-refractivity contribution < 1.29 is 9.13 Å². The number of hydrogen-bond acceptors (Lipinski definition) is 3. The van der Waals surface area contributed by atoms with Gasteiger partial charge in [0.1, 0.15) is 5.82 Å². The molecule has 3 rings (SSSR count). The molecule has 3 atom stereocenters. The van der Waals surface area contributed by atoms with Crippen molar-refractivity contribution in [3.8, 4) is 0 Å². The Morgan fingerprint density at radius 2 is 2.00 bits per heavy atom. The average molecular weight is 250 g/mol. The van der Waals surface area contributed by atoms with Crippen LogP contribution in [0.25, 0.3) is 0 Å². The molecule has 3 nitrogen and oxygen atoms in total. The highest BCUT2D eigenvalue weighted by atomic mass is 19.1. The Morgan fingerprint density at radius 1 is 1.33 bits per heavy atom. The summed E-state index contributed by atoms with van der Waals surface area (Å²) in [7, 11) is 0. The molecule has 0 aliphatic carbocycles. The van der Waals surface area contributed by atoms with Crippen LogP contribution in [0, 0.1) is 5.82 Å². The largest absolute Gasteiger partial charge is 0.371 e. The van der Waals surface area contributed by atoms with Crippen LogP contribution in [0.15, 0.2) is 18.2 Å². The minimum absolute atomic E-state index is 0.207. The molecule has 0 amide bonds. The second kappa shape index (κ2) is 4.52. The first-order valence-electron chi connectivity index (χ1n) is 6.59. The van der Waals surface area contributed by atoms with E-state index < -0.39 is 0 Å². The van der Waals surface area contributed by atoms with E-state index in [2.05, 4.69) is 4.90 Å². The second-order valence-electron chi connectivity index (χ2n) is 5.32. The van der Waals surface area contributed by atoms with Crippen LogP contribution in [0.1, 0.15) is 31.4 Å². The molecular weight excluding hydrogens is 231 g/mol. The maximum Gasteiger partial charge on any atom is 0.130 e. The summed E-state index contributed by atoms with van der Waals surface area (Å²) in [6.07, 6.45) is 2.83. The fraction of sp³-hybridized carbons (Fsp3) is 0.571. The Kier molecular flexibility index (Phi) is 2.99. The van der Waals surface area contributed by atoms with Crippen molar-refractivity contribution in [3.63, 3.8) is 0 Å². The molecule has 2 unspecified atom stereocenters. The van der Waals surface area contributed by atoms with E-state index in [1.807, 2.05) is 13.0 Å². The first-order chi connectivity index (χ1) is 8.65. The SMILES string of the molecule is C[C@@H](N)c1c(F)cccc1N1CC2CCC(C1)O2. The first kappa shape index (κ1) is 11.9. The van der Waals surface area contributed by atoms with E-state index in [0.29, 0.717) is 17.8 Å². The summed E-state index contributed by atoms with van der Waals surface area (Å²) in [6.45, 7) is 3.52. The summed E-state index contributed by atoms with van der Waals surface area (Å²) >= 11 is 0. The number of ether oxygens (including phenoxy) is 1. The van der Waals surface area contributed by atoms with Gasteiger partial charge in [-0.25, -0.2) is 4.39 Å². The number of rotatable bonds is 2. The monoisotopic (exact) mass is 250 g/mol. The summed E-state index contributed by atoms with van der Waals surface area (Å²) in [5.41, 5.74) is 7.47. The van der Waals surface area contributed by atoms with Crippen LogP contribution in [-0.2, 0) is 4.74 Å². The van der Waals surface area contributed by atoms with Crippen molar-refractivity contribution in [1.29, 1.82) is 0 Å². The summed E-state index contributed by atoms with van der Waals surface area (Å²) in [6, 6.07) is 4.92. The van der Waals surface area contributed by atoms with Crippen LogP contribution in [0.4, 0.5) is 10.1 Å². The molecule has 0 radical (unpaired) electrons. The Morgan fingerprint density at radius 3 is 2.61 bits per heavy atom. The predicted molar refractivity (Wildman–Crippen MR) is 69.1 cm³/mol. The van der Waals surface area contributed by atoms with Gasteiger partial charge in [-0.05, 0) is 31.9 Å². The van der Waals surface area contributed by atoms with Crippen LogP contribution in [0.3, 0.4) is 0 Å².